The molecule has 0 spiro atoms. The van der Waals surface area contributed by atoms with Gasteiger partial charge in [0, 0.05) is 46.6 Å². The predicted molar refractivity (Wildman–Crippen MR) is 100 cm³/mol. The number of methoxy groups -OCH3 is 2. The maximum Gasteiger partial charge on any atom is 0 e. The van der Waals surface area contributed by atoms with E-state index in [1.807, 2.05) is 13.0 Å². The van der Waals surface area contributed by atoms with E-state index in [9.17, 15) is 4.79 Å². The first-order chi connectivity index (χ1) is 14.3. The number of ether oxygens (including phenoxy) is 2. The van der Waals surface area contributed by atoms with Crippen molar-refractivity contribution in [3.05, 3.63) is 52.1 Å². The molecule has 9 nitrogen and oxygen atoms in total. The molecule has 0 aliphatic heterocycles. The largest absolute Gasteiger partial charge is 0 e. The second kappa shape index (κ2) is 57.0. The van der Waals surface area contributed by atoms with Crippen LogP contribution in [0.5, 0.6) is 0 Å². The topological polar surface area (TPSA) is 155 Å². The third-order valence-electron chi connectivity index (χ3n) is 2.27. The first kappa shape index (κ1) is 57.4. The van der Waals surface area contributed by atoms with Gasteiger partial charge in [-0.15, -0.1) is 5.54 Å². The Bertz CT molecular complexity index is 543. The van der Waals surface area contributed by atoms with Gasteiger partial charge in [-0.1, -0.05) is 44.6 Å². The summed E-state index contributed by atoms with van der Waals surface area (Å²) in [4.78, 5) is 11.0. The van der Waals surface area contributed by atoms with Crippen molar-refractivity contribution >= 4 is 14.0 Å². The van der Waals surface area contributed by atoms with Crippen LogP contribution < -0.4 is 0 Å². The molecular weight excluding hydrogens is 530 g/mol. The molecule has 0 aliphatic carbocycles. The van der Waals surface area contributed by atoms with Gasteiger partial charge in [-0.05, 0) is 0 Å². The van der Waals surface area contributed by atoms with Crippen molar-refractivity contribution in [1.29, 1.82) is 0 Å². The maximum atomic E-state index is 11.0. The van der Waals surface area contributed by atoms with E-state index in [0.717, 1.165) is 0 Å². The van der Waals surface area contributed by atoms with Crippen LogP contribution >= 0.6 is 0 Å². The Hall–Kier alpha value is -1.60. The molecule has 0 aromatic heterocycles. The molecule has 0 heterocycles. The molecule has 32 heavy (non-hydrogen) atoms. The molecule has 0 amide bonds. The number of rotatable bonds is 5. The van der Waals surface area contributed by atoms with E-state index in [0.29, 0.717) is 6.42 Å². The summed E-state index contributed by atoms with van der Waals surface area (Å²) in [7, 11) is 1.67. The summed E-state index contributed by atoms with van der Waals surface area (Å²) in [5.74, 6) is 3.10. The van der Waals surface area contributed by atoms with Crippen LogP contribution in [0, 0.1) is 57.3 Å². The monoisotopic (exact) mass is 554 g/mol. The summed E-state index contributed by atoms with van der Waals surface area (Å²) in [5, 5.41) is 0. The molecule has 0 aromatic rings. The van der Waals surface area contributed by atoms with Crippen LogP contribution in [0.3, 0.4) is 0 Å². The van der Waals surface area contributed by atoms with Gasteiger partial charge >= 0.3 is 73.8 Å². The molecule has 0 saturated heterocycles. The molecule has 12 heteroatoms. The fourth-order valence-corrected chi connectivity index (χ4v) is 1.83. The minimum absolute atomic E-state index is 0. The van der Waals surface area contributed by atoms with Gasteiger partial charge in [0.1, 0.15) is 14.2 Å². The van der Waals surface area contributed by atoms with Gasteiger partial charge in [-0.2, -0.15) is 0 Å². The summed E-state index contributed by atoms with van der Waals surface area (Å²) in [6.07, 6.45) is 3.92. The van der Waals surface area contributed by atoms with E-state index in [-0.39, 0.29) is 51.5 Å². The second-order valence-corrected chi connectivity index (χ2v) is 9.99. The van der Waals surface area contributed by atoms with Gasteiger partial charge in [0.25, 0.3) is 0 Å². The molecular formula is C20H24Co2O9Si. The van der Waals surface area contributed by atoms with E-state index in [1.54, 1.807) is 13.2 Å². The smallest absolute Gasteiger partial charge is 0 e. The number of carbonyl (C=O) groups is 1. The van der Waals surface area contributed by atoms with Gasteiger partial charge < -0.3 is 9.47 Å². The third kappa shape index (κ3) is 63.0. The quantitative estimate of drug-likeness (QED) is 0.128. The zero-order valence-corrected chi connectivity index (χ0v) is 21.4. The molecule has 0 bridgehead atoms. The van der Waals surface area contributed by atoms with Gasteiger partial charge in [0.15, 0.2) is 0 Å². The van der Waals surface area contributed by atoms with E-state index in [2.05, 4.69) is 75.7 Å². The van der Waals surface area contributed by atoms with Crippen LogP contribution in [0.15, 0.2) is 12.2 Å². The Morgan fingerprint density at radius 2 is 1.22 bits per heavy atom. The van der Waals surface area contributed by atoms with E-state index >= 15 is 0 Å². The standard InChI is InChI=1S/C14H24O3Si.6CO.2Co/c1-12(8-7-9-14(15)17-3)13(16-2)10-11-18(4,5)6;6*1-2;;/h7-8,12-13H,9H2,1-6H3;;;;;;;;/b8-7+;;;;;;;;/t12-,13-;;;;;;;;/m0......../s1. The molecule has 0 unspecified atom stereocenters. The fourth-order valence-electron chi connectivity index (χ4n) is 1.26. The molecule has 0 aromatic carbocycles. The average molecular weight is 554 g/mol. The van der Waals surface area contributed by atoms with Gasteiger partial charge in [-0.25, -0.2) is 0 Å². The van der Waals surface area contributed by atoms with Gasteiger partial charge in [-0.3, -0.25) is 4.79 Å². The van der Waals surface area contributed by atoms with Crippen molar-refractivity contribution in [2.75, 3.05) is 14.2 Å². The average Bonchev–Trinajstić information content (AvgIpc) is 2.81. The molecule has 0 N–H and O–H groups in total. The number of carbonyl (C=O) groups excluding carboxylic acids is 1. The van der Waals surface area contributed by atoms with Crippen LogP contribution in [0.25, 0.3) is 0 Å². The first-order valence-electron chi connectivity index (χ1n) is 7.31. The van der Waals surface area contributed by atoms with Gasteiger partial charge in [0.2, 0.25) is 0 Å². The van der Waals surface area contributed by atoms with E-state index in [1.165, 1.54) is 7.11 Å². The first-order valence-corrected chi connectivity index (χ1v) is 10.8. The minimum atomic E-state index is -1.38. The van der Waals surface area contributed by atoms with Crippen LogP contribution in [0.1, 0.15) is 13.3 Å². The second-order valence-electron chi connectivity index (χ2n) is 5.24. The van der Waals surface area contributed by atoms with Crippen molar-refractivity contribution in [1.82, 2.24) is 0 Å². The molecule has 180 valence electrons. The van der Waals surface area contributed by atoms with Crippen molar-refractivity contribution in [2.24, 2.45) is 5.92 Å². The Kier molecular flexibility index (Phi) is 102. The molecule has 0 rings (SSSR count). The minimum Gasteiger partial charge on any atom is 0 e. The Labute approximate surface area is 212 Å². The Morgan fingerprint density at radius 1 is 0.875 bits per heavy atom. The molecule has 0 fully saturated rings. The summed E-state index contributed by atoms with van der Waals surface area (Å²) in [5.41, 5.74) is 3.30. The summed E-state index contributed by atoms with van der Waals surface area (Å²) in [6, 6.07) is 0. The summed E-state index contributed by atoms with van der Waals surface area (Å²) < 4.78 is 54.9. The molecule has 2 atom stereocenters. The Morgan fingerprint density at radius 3 is 1.47 bits per heavy atom. The SMILES string of the molecule is COC(=O)C/C=C/[C@H](C)[C@H](C#C[Si](C)(C)C)OC.[C-]#[O+].[C-]#[O+].[C-]#[O+].[C-]#[O+].[C-]#[O+].[C-]#[O+].[Co].[Co]. The van der Waals surface area contributed by atoms with Crippen LogP contribution in [0.4, 0.5) is 0 Å². The van der Waals surface area contributed by atoms with Crippen molar-refractivity contribution in [3.8, 4) is 11.5 Å². The van der Waals surface area contributed by atoms with Crippen LogP contribution in [-0.2, 0) is 75.7 Å². The van der Waals surface area contributed by atoms with Gasteiger partial charge in [0.05, 0.1) is 13.5 Å². The zero-order valence-electron chi connectivity index (χ0n) is 18.4. The van der Waals surface area contributed by atoms with Crippen LogP contribution in [-0.4, -0.2) is 34.4 Å². The molecule has 0 saturated carbocycles. The van der Waals surface area contributed by atoms with Crippen molar-refractivity contribution in [3.63, 3.8) is 0 Å². The Balaban J connectivity index is -0.0000000465. The van der Waals surface area contributed by atoms with E-state index < -0.39 is 8.07 Å². The summed E-state index contributed by atoms with van der Waals surface area (Å²) in [6.45, 7) is 35.6. The fraction of sp³-hybridized carbons (Fsp3) is 0.450. The third-order valence-corrected chi connectivity index (χ3v) is 3.17. The maximum absolute atomic E-state index is 11.0. The molecule has 2 radical (unpaired) electrons. The number of hydrogen-bond acceptors (Lipinski definition) is 3. The van der Waals surface area contributed by atoms with Crippen molar-refractivity contribution in [2.45, 2.75) is 39.1 Å². The summed E-state index contributed by atoms with van der Waals surface area (Å²) >= 11 is 0. The number of hydrogen-bond donors (Lipinski definition) is 0. The molecule has 0 aliphatic rings. The normalized spacial score (nSPS) is 8.69. The zero-order chi connectivity index (χ0) is 26.2. The van der Waals surface area contributed by atoms with Crippen molar-refractivity contribution < 1.29 is 75.7 Å². The van der Waals surface area contributed by atoms with Crippen LogP contribution in [0.2, 0.25) is 19.6 Å². The number of esters is 1. The van der Waals surface area contributed by atoms with E-state index in [4.69, 9.17) is 32.6 Å². The predicted octanol–water partition coefficient (Wildman–Crippen LogP) is 2.41.